The van der Waals surface area contributed by atoms with E-state index in [9.17, 15) is 9.59 Å². The largest absolute Gasteiger partial charge is 0.450 e. The van der Waals surface area contributed by atoms with Crippen LogP contribution in [0.25, 0.3) is 5.69 Å². The number of carbonyl (C=O) groups is 2. The quantitative estimate of drug-likeness (QED) is 0.864. The standard InChI is InChI=1S/C19H23ClN4O3/c1-3-27-19(26)23-10-4-5-14(12-23)18(25)21-17-11-13(2)22-24(17)16-8-6-15(20)7-9-16/h6-9,11,14H,3-5,10,12H2,1-2H3,(H,21,25). The zero-order chi connectivity index (χ0) is 19.4. The van der Waals surface area contributed by atoms with Gasteiger partial charge in [0.2, 0.25) is 5.91 Å². The van der Waals surface area contributed by atoms with Crippen LogP contribution in [0.5, 0.6) is 0 Å². The van der Waals surface area contributed by atoms with Crippen LogP contribution in [-0.4, -0.2) is 46.4 Å². The Kier molecular flexibility index (Phi) is 6.01. The third-order valence-electron chi connectivity index (χ3n) is 4.47. The van der Waals surface area contributed by atoms with Gasteiger partial charge in [-0.1, -0.05) is 11.6 Å². The van der Waals surface area contributed by atoms with Crippen LogP contribution >= 0.6 is 11.6 Å². The number of aryl methyl sites for hydroxylation is 1. The molecule has 0 saturated carbocycles. The summed E-state index contributed by atoms with van der Waals surface area (Å²) < 4.78 is 6.72. The lowest BCUT2D eigenvalue weighted by Gasteiger charge is -2.31. The number of hydrogen-bond acceptors (Lipinski definition) is 4. The molecule has 1 N–H and O–H groups in total. The summed E-state index contributed by atoms with van der Waals surface area (Å²) in [6, 6.07) is 9.05. The van der Waals surface area contributed by atoms with Crippen molar-refractivity contribution in [2.45, 2.75) is 26.7 Å². The summed E-state index contributed by atoms with van der Waals surface area (Å²) in [5, 5.41) is 8.04. The van der Waals surface area contributed by atoms with E-state index in [1.54, 1.807) is 28.6 Å². The van der Waals surface area contributed by atoms with E-state index < -0.39 is 0 Å². The zero-order valence-electron chi connectivity index (χ0n) is 15.4. The molecule has 1 aliphatic rings. The molecule has 2 amide bonds. The molecule has 1 unspecified atom stereocenters. The average molecular weight is 391 g/mol. The highest BCUT2D eigenvalue weighted by atomic mass is 35.5. The van der Waals surface area contributed by atoms with Gasteiger partial charge in [0.05, 0.1) is 23.9 Å². The second-order valence-electron chi connectivity index (χ2n) is 6.53. The minimum Gasteiger partial charge on any atom is -0.450 e. The molecule has 27 heavy (non-hydrogen) atoms. The number of hydrogen-bond donors (Lipinski definition) is 1. The van der Waals surface area contributed by atoms with Crippen LogP contribution in [0.3, 0.4) is 0 Å². The molecule has 1 aliphatic heterocycles. The van der Waals surface area contributed by atoms with E-state index in [2.05, 4.69) is 10.4 Å². The maximum absolute atomic E-state index is 12.8. The number of rotatable bonds is 4. The van der Waals surface area contributed by atoms with Crippen molar-refractivity contribution < 1.29 is 14.3 Å². The highest BCUT2D eigenvalue weighted by molar-refractivity contribution is 6.30. The van der Waals surface area contributed by atoms with Gasteiger partial charge in [-0.3, -0.25) is 4.79 Å². The van der Waals surface area contributed by atoms with Gasteiger partial charge in [0.1, 0.15) is 5.82 Å². The average Bonchev–Trinajstić information content (AvgIpc) is 3.02. The molecular weight excluding hydrogens is 368 g/mol. The second-order valence-corrected chi connectivity index (χ2v) is 6.97. The number of anilines is 1. The minimum atomic E-state index is -0.364. The zero-order valence-corrected chi connectivity index (χ0v) is 16.2. The Morgan fingerprint density at radius 2 is 2.07 bits per heavy atom. The number of carbonyl (C=O) groups excluding carboxylic acids is 2. The number of benzene rings is 1. The topological polar surface area (TPSA) is 76.5 Å². The lowest BCUT2D eigenvalue weighted by molar-refractivity contribution is -0.121. The number of piperidine rings is 1. The Morgan fingerprint density at radius 1 is 1.33 bits per heavy atom. The fourth-order valence-electron chi connectivity index (χ4n) is 3.17. The Morgan fingerprint density at radius 3 is 2.78 bits per heavy atom. The number of nitrogens with zero attached hydrogens (tertiary/aromatic N) is 3. The fraction of sp³-hybridized carbons (Fsp3) is 0.421. The van der Waals surface area contributed by atoms with Crippen LogP contribution < -0.4 is 5.32 Å². The first-order valence-corrected chi connectivity index (χ1v) is 9.41. The third-order valence-corrected chi connectivity index (χ3v) is 4.72. The summed E-state index contributed by atoms with van der Waals surface area (Å²) in [6.07, 6.45) is 1.14. The SMILES string of the molecule is CCOC(=O)N1CCCC(C(=O)Nc2cc(C)nn2-c2ccc(Cl)cc2)C1. The lowest BCUT2D eigenvalue weighted by Crippen LogP contribution is -2.44. The van der Waals surface area contributed by atoms with E-state index in [4.69, 9.17) is 16.3 Å². The van der Waals surface area contributed by atoms with Crippen molar-refractivity contribution in [3.8, 4) is 5.69 Å². The molecule has 1 atom stereocenters. The van der Waals surface area contributed by atoms with E-state index in [0.717, 1.165) is 24.2 Å². The molecule has 1 fully saturated rings. The van der Waals surface area contributed by atoms with Crippen LogP contribution in [0.4, 0.5) is 10.6 Å². The number of likely N-dealkylation sites (tertiary alicyclic amines) is 1. The summed E-state index contributed by atoms with van der Waals surface area (Å²) in [5.74, 6) is 0.184. The molecule has 0 radical (unpaired) electrons. The lowest BCUT2D eigenvalue weighted by atomic mass is 9.97. The van der Waals surface area contributed by atoms with Gasteiger partial charge < -0.3 is 15.0 Å². The summed E-state index contributed by atoms with van der Waals surface area (Å²) in [4.78, 5) is 26.3. The maximum atomic E-state index is 12.8. The summed E-state index contributed by atoms with van der Waals surface area (Å²) in [5.41, 5.74) is 1.59. The monoisotopic (exact) mass is 390 g/mol. The first-order valence-electron chi connectivity index (χ1n) is 9.03. The van der Waals surface area contributed by atoms with Gasteiger partial charge in [-0.2, -0.15) is 5.10 Å². The molecule has 0 spiro atoms. The second kappa shape index (κ2) is 8.43. The predicted octanol–water partition coefficient (Wildman–Crippen LogP) is 3.64. The molecule has 3 rings (SSSR count). The van der Waals surface area contributed by atoms with Crippen molar-refractivity contribution in [1.82, 2.24) is 14.7 Å². The van der Waals surface area contributed by atoms with Gasteiger partial charge in [0, 0.05) is 24.2 Å². The molecule has 0 aliphatic carbocycles. The number of halogens is 1. The summed E-state index contributed by atoms with van der Waals surface area (Å²) >= 11 is 5.95. The van der Waals surface area contributed by atoms with Crippen molar-refractivity contribution in [2.75, 3.05) is 25.0 Å². The van der Waals surface area contributed by atoms with E-state index >= 15 is 0 Å². The van der Waals surface area contributed by atoms with Crippen LogP contribution in [-0.2, 0) is 9.53 Å². The van der Waals surface area contributed by atoms with Crippen LogP contribution in [0.15, 0.2) is 30.3 Å². The number of amides is 2. The van der Waals surface area contributed by atoms with E-state index in [1.165, 1.54) is 0 Å². The van der Waals surface area contributed by atoms with Crippen LogP contribution in [0.2, 0.25) is 5.02 Å². The van der Waals surface area contributed by atoms with E-state index in [1.807, 2.05) is 25.1 Å². The van der Waals surface area contributed by atoms with Crippen molar-refractivity contribution in [3.63, 3.8) is 0 Å². The number of nitrogens with one attached hydrogen (secondary N) is 1. The summed E-state index contributed by atoms with van der Waals surface area (Å²) in [7, 11) is 0. The predicted molar refractivity (Wildman–Crippen MR) is 103 cm³/mol. The Hall–Kier alpha value is -2.54. The molecule has 8 heteroatoms. The van der Waals surface area contributed by atoms with Crippen molar-refractivity contribution in [2.24, 2.45) is 5.92 Å². The van der Waals surface area contributed by atoms with Crippen molar-refractivity contribution in [1.29, 1.82) is 0 Å². The van der Waals surface area contributed by atoms with Gasteiger partial charge in [0.25, 0.3) is 0 Å². The van der Waals surface area contributed by atoms with Gasteiger partial charge in [-0.05, 0) is 51.0 Å². The smallest absolute Gasteiger partial charge is 0.409 e. The number of aromatic nitrogens is 2. The molecule has 2 heterocycles. The highest BCUT2D eigenvalue weighted by Crippen LogP contribution is 2.22. The summed E-state index contributed by atoms with van der Waals surface area (Å²) in [6.45, 7) is 4.94. The molecule has 1 aromatic carbocycles. The van der Waals surface area contributed by atoms with Crippen LogP contribution in [0, 0.1) is 12.8 Å². The number of ether oxygens (including phenoxy) is 1. The van der Waals surface area contributed by atoms with Crippen LogP contribution in [0.1, 0.15) is 25.5 Å². The van der Waals surface area contributed by atoms with Crippen molar-refractivity contribution in [3.05, 3.63) is 41.0 Å². The first-order chi connectivity index (χ1) is 13.0. The maximum Gasteiger partial charge on any atom is 0.409 e. The van der Waals surface area contributed by atoms with Gasteiger partial charge in [-0.15, -0.1) is 0 Å². The van der Waals surface area contributed by atoms with E-state index in [0.29, 0.717) is 30.5 Å². The first kappa shape index (κ1) is 19.2. The fourth-order valence-corrected chi connectivity index (χ4v) is 3.29. The molecular formula is C19H23ClN4O3. The normalized spacial score (nSPS) is 16.9. The molecule has 2 aromatic rings. The van der Waals surface area contributed by atoms with E-state index in [-0.39, 0.29) is 17.9 Å². The third kappa shape index (κ3) is 4.60. The molecule has 1 aromatic heterocycles. The molecule has 0 bridgehead atoms. The molecule has 1 saturated heterocycles. The molecule has 7 nitrogen and oxygen atoms in total. The van der Waals surface area contributed by atoms with Gasteiger partial charge in [-0.25, -0.2) is 9.48 Å². The molecule has 144 valence electrons. The van der Waals surface area contributed by atoms with Gasteiger partial charge in [0.15, 0.2) is 0 Å². The van der Waals surface area contributed by atoms with Gasteiger partial charge >= 0.3 is 6.09 Å². The highest BCUT2D eigenvalue weighted by Gasteiger charge is 2.29. The Bertz CT molecular complexity index is 819. The Labute approximate surface area is 163 Å². The minimum absolute atomic E-state index is 0.126. The Balaban J connectivity index is 1.72. The van der Waals surface area contributed by atoms with Crippen molar-refractivity contribution >= 4 is 29.4 Å².